The summed E-state index contributed by atoms with van der Waals surface area (Å²) < 4.78 is 7.41. The molecule has 0 unspecified atom stereocenters. The second-order valence-electron chi connectivity index (χ2n) is 31.1. The Labute approximate surface area is 496 Å². The summed E-state index contributed by atoms with van der Waals surface area (Å²) in [6.07, 6.45) is 6.87. The van der Waals surface area contributed by atoms with Gasteiger partial charge in [-0.25, -0.2) is 0 Å². The zero-order valence-electron chi connectivity index (χ0n) is 52.8. The van der Waals surface area contributed by atoms with Crippen molar-refractivity contribution >= 4 is 96.2 Å². The summed E-state index contributed by atoms with van der Waals surface area (Å²) in [5.74, 6) is 0. The van der Waals surface area contributed by atoms with Crippen molar-refractivity contribution in [3.63, 3.8) is 0 Å². The maximum atomic E-state index is 7.41. The molecular weight excluding hydrogens is 1010 g/mol. The highest BCUT2D eigenvalue weighted by Gasteiger charge is 2.50. The van der Waals surface area contributed by atoms with Crippen LogP contribution in [-0.2, 0) is 37.9 Å². The standard InChI is InChI=1S/C78H86BN3O/c1-47-23-18-20-26-62(47)81(63-27-21-19-24-48(63)2)51-41-67-70-68(42-51)82(64-28-22-25-53-52-31-29-49(72(3,4)5)39-69(52)83-71(53)64)66-46-59-57(76(12,13)36-38-78(59,16)17)44-61(66)79(70)60-43-56-58(77(14,15)37-35-75(56,10)11)45-65(60)80(67)50-30-32-54-55(40-50)74(8,9)34-33-73(54,6)7/h18-32,39-46H,33-38H2,1-17H3. The predicted molar refractivity (Wildman–Crippen MR) is 356 cm³/mol. The molecule has 0 atom stereocenters. The van der Waals surface area contributed by atoms with Crippen LogP contribution in [0.3, 0.4) is 0 Å². The molecule has 8 aromatic carbocycles. The topological polar surface area (TPSA) is 22.9 Å². The van der Waals surface area contributed by atoms with E-state index in [1.54, 1.807) is 0 Å². The number of furan rings is 1. The summed E-state index contributed by atoms with van der Waals surface area (Å²) in [6, 6.07) is 55.3. The number of para-hydroxylation sites is 3. The van der Waals surface area contributed by atoms with Crippen LogP contribution in [0.15, 0.2) is 144 Å². The molecule has 0 spiro atoms. The molecule has 14 rings (SSSR count). The van der Waals surface area contributed by atoms with E-state index in [9.17, 15) is 0 Å². The summed E-state index contributed by atoms with van der Waals surface area (Å²) in [7, 11) is 0. The summed E-state index contributed by atoms with van der Waals surface area (Å²) in [4.78, 5) is 7.97. The van der Waals surface area contributed by atoms with E-state index >= 15 is 0 Å². The fraction of sp³-hybridized carbons (Fsp3) is 0.385. The number of aryl methyl sites for hydroxylation is 2. The Morgan fingerprint density at radius 3 is 1.41 bits per heavy atom. The molecule has 3 heterocycles. The zero-order valence-corrected chi connectivity index (χ0v) is 52.8. The van der Waals surface area contributed by atoms with E-state index < -0.39 is 0 Å². The van der Waals surface area contributed by atoms with Crippen molar-refractivity contribution in [2.24, 2.45) is 0 Å². The lowest BCUT2D eigenvalue weighted by atomic mass is 9.32. The van der Waals surface area contributed by atoms with E-state index in [1.165, 1.54) is 113 Å². The third-order valence-electron chi connectivity index (χ3n) is 21.6. The summed E-state index contributed by atoms with van der Waals surface area (Å²) in [5, 5.41) is 2.28. The van der Waals surface area contributed by atoms with Crippen LogP contribution in [0.5, 0.6) is 0 Å². The van der Waals surface area contributed by atoms with Gasteiger partial charge in [0.1, 0.15) is 5.58 Å². The third kappa shape index (κ3) is 8.12. The number of rotatable bonds is 5. The van der Waals surface area contributed by atoms with Crippen molar-refractivity contribution < 1.29 is 4.42 Å². The lowest BCUT2D eigenvalue weighted by Gasteiger charge is -2.49. The van der Waals surface area contributed by atoms with Crippen molar-refractivity contribution in [3.05, 3.63) is 190 Å². The van der Waals surface area contributed by atoms with Crippen molar-refractivity contribution in [1.82, 2.24) is 0 Å². The van der Waals surface area contributed by atoms with Crippen molar-refractivity contribution in [1.29, 1.82) is 0 Å². The van der Waals surface area contributed by atoms with Crippen LogP contribution in [0.1, 0.15) is 192 Å². The van der Waals surface area contributed by atoms with E-state index in [0.29, 0.717) is 0 Å². The number of benzene rings is 8. The number of hydrogen-bond acceptors (Lipinski definition) is 4. The van der Waals surface area contributed by atoms with E-state index in [2.05, 4.69) is 272 Å². The Balaban J connectivity index is 1.18. The van der Waals surface area contributed by atoms with Gasteiger partial charge in [0.15, 0.2) is 5.58 Å². The average Bonchev–Trinajstić information content (AvgIpc) is 1.16. The van der Waals surface area contributed by atoms with Gasteiger partial charge in [-0.05, 0) is 217 Å². The van der Waals surface area contributed by atoms with E-state index in [4.69, 9.17) is 4.42 Å². The molecule has 0 bridgehead atoms. The fourth-order valence-corrected chi connectivity index (χ4v) is 15.9. The Morgan fingerprint density at radius 2 is 0.892 bits per heavy atom. The lowest BCUT2D eigenvalue weighted by Crippen LogP contribution is -2.62. The minimum absolute atomic E-state index is 0.00408. The molecule has 0 saturated heterocycles. The smallest absolute Gasteiger partial charge is 0.252 e. The molecule has 0 amide bonds. The lowest BCUT2D eigenvalue weighted by molar-refractivity contribution is 0.332. The normalized spacial score (nSPS) is 19.1. The van der Waals surface area contributed by atoms with Crippen LogP contribution < -0.4 is 31.1 Å². The van der Waals surface area contributed by atoms with Gasteiger partial charge in [-0.1, -0.05) is 183 Å². The predicted octanol–water partition coefficient (Wildman–Crippen LogP) is 20.1. The molecule has 0 radical (unpaired) electrons. The minimum atomic E-state index is -0.0774. The van der Waals surface area contributed by atoms with Crippen molar-refractivity contribution in [2.75, 3.05) is 14.7 Å². The van der Waals surface area contributed by atoms with Crippen LogP contribution in [0, 0.1) is 13.8 Å². The molecular formula is C78H86BN3O. The molecule has 4 nitrogen and oxygen atoms in total. The zero-order chi connectivity index (χ0) is 58.5. The van der Waals surface area contributed by atoms with E-state index in [-0.39, 0.29) is 44.6 Å². The van der Waals surface area contributed by atoms with Gasteiger partial charge in [0.25, 0.3) is 6.71 Å². The first-order valence-electron chi connectivity index (χ1n) is 31.2. The number of anilines is 9. The molecule has 83 heavy (non-hydrogen) atoms. The van der Waals surface area contributed by atoms with E-state index in [1.807, 2.05) is 0 Å². The van der Waals surface area contributed by atoms with Gasteiger partial charge in [-0.15, -0.1) is 0 Å². The maximum absolute atomic E-state index is 7.41. The van der Waals surface area contributed by atoms with Gasteiger partial charge >= 0.3 is 0 Å². The molecule has 0 N–H and O–H groups in total. The average molecular weight is 1090 g/mol. The molecule has 9 aromatic rings. The summed E-state index contributed by atoms with van der Waals surface area (Å²) in [6.45, 7) is 41.3. The Bertz CT molecular complexity index is 4160. The number of hydrogen-bond donors (Lipinski definition) is 0. The van der Waals surface area contributed by atoms with Crippen molar-refractivity contribution in [2.45, 2.75) is 194 Å². The Kier molecular flexibility index (Phi) is 11.6. The largest absolute Gasteiger partial charge is 0.454 e. The SMILES string of the molecule is Cc1ccccc1N(c1cc2c3c(c1)N(c1cccc4c1oc1cc(C(C)(C)C)ccc14)c1cc4c(cc1B3c1cc3c(cc1N2c1ccc2c(c1)C(C)(C)CCC2(C)C)C(C)(C)CCC3(C)C)C(C)(C)CCC4(C)C)c1ccccc1C. The number of nitrogens with zero attached hydrogens (tertiary/aromatic N) is 3. The van der Waals surface area contributed by atoms with E-state index in [0.717, 1.165) is 65.4 Å². The van der Waals surface area contributed by atoms with Crippen LogP contribution in [0.2, 0.25) is 0 Å². The molecule has 5 aliphatic rings. The first-order valence-corrected chi connectivity index (χ1v) is 31.2. The van der Waals surface area contributed by atoms with Gasteiger partial charge in [0.2, 0.25) is 0 Å². The highest BCUT2D eigenvalue weighted by Crippen LogP contribution is 2.56. The van der Waals surface area contributed by atoms with Crippen LogP contribution >= 0.6 is 0 Å². The van der Waals surface area contributed by atoms with Gasteiger partial charge in [0.05, 0.1) is 11.4 Å². The minimum Gasteiger partial charge on any atom is -0.454 e. The summed E-state index contributed by atoms with van der Waals surface area (Å²) in [5.41, 5.74) is 29.2. The number of fused-ring (bicyclic) bond motifs is 10. The molecule has 1 aromatic heterocycles. The second kappa shape index (κ2) is 17.8. The van der Waals surface area contributed by atoms with Crippen molar-refractivity contribution in [3.8, 4) is 0 Å². The monoisotopic (exact) mass is 1090 g/mol. The van der Waals surface area contributed by atoms with Crippen LogP contribution in [0.4, 0.5) is 51.2 Å². The molecule has 3 aliphatic carbocycles. The summed E-state index contributed by atoms with van der Waals surface area (Å²) >= 11 is 0. The quantitative estimate of drug-likeness (QED) is 0.160. The first-order chi connectivity index (χ1) is 39.1. The van der Waals surface area contributed by atoms with Gasteiger partial charge < -0.3 is 19.1 Å². The van der Waals surface area contributed by atoms with Gasteiger partial charge in [0, 0.05) is 50.6 Å². The molecule has 0 saturated carbocycles. The van der Waals surface area contributed by atoms with Crippen LogP contribution in [-0.4, -0.2) is 6.71 Å². The fourth-order valence-electron chi connectivity index (χ4n) is 15.9. The molecule has 422 valence electrons. The van der Waals surface area contributed by atoms with Gasteiger partial charge in [-0.3, -0.25) is 0 Å². The maximum Gasteiger partial charge on any atom is 0.252 e. The molecule has 0 fully saturated rings. The highest BCUT2D eigenvalue weighted by molar-refractivity contribution is 7.00. The second-order valence-corrected chi connectivity index (χ2v) is 31.1. The van der Waals surface area contributed by atoms with Gasteiger partial charge in [-0.2, -0.15) is 0 Å². The third-order valence-corrected chi connectivity index (χ3v) is 21.6. The highest BCUT2D eigenvalue weighted by atomic mass is 16.3. The van der Waals surface area contributed by atoms with Crippen LogP contribution in [0.25, 0.3) is 21.9 Å². The molecule has 2 aliphatic heterocycles. The molecule has 5 heteroatoms. The Morgan fingerprint density at radius 1 is 0.422 bits per heavy atom. The Hall–Kier alpha value is -6.98. The first kappa shape index (κ1) is 54.0.